The third-order valence-electron chi connectivity index (χ3n) is 1.53. The van der Waals surface area contributed by atoms with E-state index in [2.05, 4.69) is 17.5 Å². The predicted molar refractivity (Wildman–Crippen MR) is 51.5 cm³/mol. The summed E-state index contributed by atoms with van der Waals surface area (Å²) in [4.78, 5) is 0. The van der Waals surface area contributed by atoms with Crippen LogP contribution in [-0.4, -0.2) is 5.11 Å². The Hall–Kier alpha value is -1.23. The van der Waals surface area contributed by atoms with Gasteiger partial charge in [0.05, 0.1) is 5.69 Å². The topological polar surface area (TPSA) is 38.0 Å². The number of benzene rings is 1. The zero-order valence-corrected chi connectivity index (χ0v) is 7.71. The molecular weight excluding hydrogens is 194 g/mol. The minimum absolute atomic E-state index is 0.0457. The van der Waals surface area contributed by atoms with E-state index in [1.807, 2.05) is 0 Å². The smallest absolute Gasteiger partial charge is 0.182 e. The van der Waals surface area contributed by atoms with Gasteiger partial charge in [-0.25, -0.2) is 8.78 Å². The largest absolute Gasteiger partial charge is 0.376 e. The fourth-order valence-electron chi connectivity index (χ4n) is 0.875. The van der Waals surface area contributed by atoms with Crippen LogP contribution in [0.2, 0.25) is 0 Å². The van der Waals surface area contributed by atoms with Crippen LogP contribution in [0.3, 0.4) is 0 Å². The highest BCUT2D eigenvalue weighted by Crippen LogP contribution is 2.19. The van der Waals surface area contributed by atoms with Crippen molar-refractivity contribution in [2.24, 2.45) is 5.73 Å². The first-order chi connectivity index (χ1) is 6.02. The highest BCUT2D eigenvalue weighted by molar-refractivity contribution is 7.80. The van der Waals surface area contributed by atoms with Crippen molar-refractivity contribution in [1.82, 2.24) is 0 Å². The van der Waals surface area contributed by atoms with Gasteiger partial charge < -0.3 is 11.1 Å². The van der Waals surface area contributed by atoms with Crippen LogP contribution in [0.4, 0.5) is 14.5 Å². The van der Waals surface area contributed by atoms with E-state index in [1.165, 1.54) is 19.1 Å². The fourth-order valence-corrected chi connectivity index (χ4v) is 0.985. The molecule has 0 unspecified atom stereocenters. The Morgan fingerprint density at radius 1 is 1.38 bits per heavy atom. The Morgan fingerprint density at radius 3 is 2.54 bits per heavy atom. The Bertz CT molecular complexity index is 352. The molecule has 1 aromatic rings. The van der Waals surface area contributed by atoms with Crippen LogP contribution in [-0.2, 0) is 0 Å². The van der Waals surface area contributed by atoms with Crippen LogP contribution in [0.15, 0.2) is 12.1 Å². The number of hydrogen-bond acceptors (Lipinski definition) is 1. The molecule has 0 bridgehead atoms. The monoisotopic (exact) mass is 202 g/mol. The molecule has 0 aliphatic carbocycles. The van der Waals surface area contributed by atoms with Crippen LogP contribution >= 0.6 is 12.2 Å². The molecule has 0 saturated heterocycles. The summed E-state index contributed by atoms with van der Waals surface area (Å²) in [5, 5.41) is 2.24. The van der Waals surface area contributed by atoms with Gasteiger partial charge in [-0.2, -0.15) is 0 Å². The Balaban J connectivity index is 3.10. The summed E-state index contributed by atoms with van der Waals surface area (Å²) >= 11 is 4.49. The van der Waals surface area contributed by atoms with E-state index >= 15 is 0 Å². The van der Waals surface area contributed by atoms with Crippen molar-refractivity contribution in [3.63, 3.8) is 0 Å². The van der Waals surface area contributed by atoms with Crippen molar-refractivity contribution in [2.45, 2.75) is 6.92 Å². The van der Waals surface area contributed by atoms with E-state index in [4.69, 9.17) is 5.73 Å². The lowest BCUT2D eigenvalue weighted by Gasteiger charge is -2.06. The molecule has 0 atom stereocenters. The molecule has 0 fully saturated rings. The molecular formula is C8H8F2N2S. The lowest BCUT2D eigenvalue weighted by atomic mass is 10.2. The minimum Gasteiger partial charge on any atom is -0.376 e. The van der Waals surface area contributed by atoms with Gasteiger partial charge in [0.25, 0.3) is 0 Å². The average molecular weight is 202 g/mol. The number of anilines is 1. The molecule has 3 N–H and O–H groups in total. The number of aryl methyl sites for hydroxylation is 1. The first-order valence-corrected chi connectivity index (χ1v) is 3.94. The van der Waals surface area contributed by atoms with Crippen molar-refractivity contribution in [3.8, 4) is 0 Å². The quantitative estimate of drug-likeness (QED) is 0.683. The maximum Gasteiger partial charge on any atom is 0.182 e. The fraction of sp³-hybridized carbons (Fsp3) is 0.125. The summed E-state index contributed by atoms with van der Waals surface area (Å²) < 4.78 is 26.0. The van der Waals surface area contributed by atoms with Gasteiger partial charge >= 0.3 is 0 Å². The zero-order valence-electron chi connectivity index (χ0n) is 6.90. The number of rotatable bonds is 1. The molecule has 1 aromatic carbocycles. The molecule has 0 spiro atoms. The first kappa shape index (κ1) is 9.85. The summed E-state index contributed by atoms with van der Waals surface area (Å²) in [6.45, 7) is 1.48. The van der Waals surface area contributed by atoms with Crippen LogP contribution in [0, 0.1) is 18.6 Å². The van der Waals surface area contributed by atoms with E-state index < -0.39 is 11.6 Å². The van der Waals surface area contributed by atoms with E-state index in [-0.39, 0.29) is 16.4 Å². The Labute approximate surface area is 79.7 Å². The second-order valence-electron chi connectivity index (χ2n) is 2.55. The molecule has 0 radical (unpaired) electrons. The van der Waals surface area contributed by atoms with E-state index in [9.17, 15) is 8.78 Å². The standard InChI is InChI=1S/C8H8F2N2S/c1-4-2-3-5(12-8(11)13)7(10)6(4)9/h2-3H,1H3,(H3,11,12,13). The molecule has 0 heterocycles. The van der Waals surface area contributed by atoms with Crippen LogP contribution in [0.25, 0.3) is 0 Å². The normalized spacial score (nSPS) is 9.77. The highest BCUT2D eigenvalue weighted by atomic mass is 32.1. The number of nitrogens with two attached hydrogens (primary N) is 1. The first-order valence-electron chi connectivity index (χ1n) is 3.53. The number of nitrogens with one attached hydrogen (secondary N) is 1. The summed E-state index contributed by atoms with van der Waals surface area (Å²) in [5.74, 6) is -1.85. The molecule has 0 aliphatic heterocycles. The van der Waals surface area contributed by atoms with Crippen molar-refractivity contribution < 1.29 is 8.78 Å². The number of thiocarbonyl (C=S) groups is 1. The predicted octanol–water partition coefficient (Wildman–Crippen LogP) is 1.93. The van der Waals surface area contributed by atoms with Gasteiger partial charge in [0.2, 0.25) is 0 Å². The molecule has 5 heteroatoms. The summed E-state index contributed by atoms with van der Waals surface area (Å²) in [6, 6.07) is 2.83. The molecule has 0 amide bonds. The van der Waals surface area contributed by atoms with Gasteiger partial charge in [-0.15, -0.1) is 0 Å². The summed E-state index contributed by atoms with van der Waals surface area (Å²) in [5.41, 5.74) is 5.31. The van der Waals surface area contributed by atoms with Gasteiger partial charge in [-0.3, -0.25) is 0 Å². The van der Waals surface area contributed by atoms with Gasteiger partial charge in [0, 0.05) is 0 Å². The SMILES string of the molecule is Cc1ccc(NC(N)=S)c(F)c1F. The number of halogens is 2. The molecule has 2 nitrogen and oxygen atoms in total. The average Bonchev–Trinajstić information content (AvgIpc) is 2.06. The van der Waals surface area contributed by atoms with Crippen molar-refractivity contribution in [1.29, 1.82) is 0 Å². The van der Waals surface area contributed by atoms with Crippen molar-refractivity contribution >= 4 is 23.0 Å². The van der Waals surface area contributed by atoms with Gasteiger partial charge in [0.1, 0.15) is 0 Å². The molecule has 0 saturated carbocycles. The minimum atomic E-state index is -0.965. The maximum absolute atomic E-state index is 13.1. The second-order valence-corrected chi connectivity index (χ2v) is 2.99. The summed E-state index contributed by atoms with van der Waals surface area (Å²) in [6.07, 6.45) is 0. The van der Waals surface area contributed by atoms with Crippen LogP contribution in [0.5, 0.6) is 0 Å². The molecule has 1 rings (SSSR count). The third kappa shape index (κ3) is 2.12. The van der Waals surface area contributed by atoms with Crippen molar-refractivity contribution in [2.75, 3.05) is 5.32 Å². The van der Waals surface area contributed by atoms with Gasteiger partial charge in [-0.1, -0.05) is 6.07 Å². The number of hydrogen-bond donors (Lipinski definition) is 2. The molecule has 70 valence electrons. The molecule has 0 aromatic heterocycles. The highest BCUT2D eigenvalue weighted by Gasteiger charge is 2.10. The van der Waals surface area contributed by atoms with Gasteiger partial charge in [-0.05, 0) is 30.8 Å². The lowest BCUT2D eigenvalue weighted by molar-refractivity contribution is 0.506. The third-order valence-corrected chi connectivity index (χ3v) is 1.64. The molecule has 0 aliphatic rings. The summed E-state index contributed by atoms with van der Waals surface area (Å²) in [7, 11) is 0. The second kappa shape index (κ2) is 3.66. The van der Waals surface area contributed by atoms with E-state index in [0.717, 1.165) is 0 Å². The van der Waals surface area contributed by atoms with Crippen LogP contribution < -0.4 is 11.1 Å². The van der Waals surface area contributed by atoms with Gasteiger partial charge in [0.15, 0.2) is 16.7 Å². The van der Waals surface area contributed by atoms with E-state index in [0.29, 0.717) is 0 Å². The zero-order chi connectivity index (χ0) is 10.0. The van der Waals surface area contributed by atoms with E-state index in [1.54, 1.807) is 0 Å². The lowest BCUT2D eigenvalue weighted by Crippen LogP contribution is -2.20. The van der Waals surface area contributed by atoms with Crippen LogP contribution in [0.1, 0.15) is 5.56 Å². The molecule has 13 heavy (non-hydrogen) atoms. The Morgan fingerprint density at radius 2 is 2.00 bits per heavy atom. The van der Waals surface area contributed by atoms with Crippen molar-refractivity contribution in [3.05, 3.63) is 29.3 Å². The Kier molecular flexibility index (Phi) is 2.77. The maximum atomic E-state index is 13.1.